The van der Waals surface area contributed by atoms with Gasteiger partial charge in [-0.05, 0) is 19.3 Å². The summed E-state index contributed by atoms with van der Waals surface area (Å²) < 4.78 is 0. The molecule has 0 aromatic rings. The van der Waals surface area contributed by atoms with Crippen LogP contribution in [0.5, 0.6) is 0 Å². The van der Waals surface area contributed by atoms with Crippen LogP contribution in [0.1, 0.15) is 19.3 Å². The highest BCUT2D eigenvalue weighted by molar-refractivity contribution is 4.91. The summed E-state index contributed by atoms with van der Waals surface area (Å²) in [5, 5.41) is 3.54. The first-order chi connectivity index (χ1) is 5.95. The highest BCUT2D eigenvalue weighted by atomic mass is 15.1. The minimum Gasteiger partial charge on any atom is -0.313 e. The third-order valence-electron chi connectivity index (χ3n) is 2.58. The van der Waals surface area contributed by atoms with E-state index in [1.165, 1.54) is 38.9 Å². The minimum atomic E-state index is 0.866. The van der Waals surface area contributed by atoms with Crippen LogP contribution >= 0.6 is 0 Å². The molecular weight excluding hydrogens is 148 g/mol. The molecule has 12 heavy (non-hydrogen) atoms. The quantitative estimate of drug-likeness (QED) is 0.627. The van der Waals surface area contributed by atoms with E-state index in [2.05, 4.69) is 22.4 Å². The van der Waals surface area contributed by atoms with Crippen LogP contribution in [-0.4, -0.2) is 37.1 Å². The van der Waals surface area contributed by atoms with E-state index in [1.54, 1.807) is 0 Å². The molecule has 1 aliphatic carbocycles. The van der Waals surface area contributed by atoms with E-state index in [-0.39, 0.29) is 0 Å². The number of nitrogens with one attached hydrogen (secondary N) is 1. The Kier molecular flexibility index (Phi) is 2.79. The van der Waals surface area contributed by atoms with E-state index in [0.717, 1.165) is 12.6 Å². The van der Waals surface area contributed by atoms with Crippen molar-refractivity contribution in [2.45, 2.75) is 25.3 Å². The molecule has 68 valence electrons. The fraction of sp³-hybridized carbons (Fsp3) is 0.800. The summed E-state index contributed by atoms with van der Waals surface area (Å²) in [6, 6.07) is 0.866. The molecule has 0 bridgehead atoms. The average molecular weight is 166 g/mol. The highest BCUT2D eigenvalue weighted by Crippen LogP contribution is 2.18. The van der Waals surface area contributed by atoms with Crippen molar-refractivity contribution >= 4 is 0 Å². The topological polar surface area (TPSA) is 15.3 Å². The van der Waals surface area contributed by atoms with Crippen LogP contribution in [0.25, 0.3) is 0 Å². The van der Waals surface area contributed by atoms with Gasteiger partial charge in [-0.25, -0.2) is 0 Å². The Balaban J connectivity index is 1.55. The monoisotopic (exact) mass is 166 g/mol. The van der Waals surface area contributed by atoms with Crippen LogP contribution in [0.4, 0.5) is 0 Å². The molecule has 1 fully saturated rings. The molecule has 1 N–H and O–H groups in total. The largest absolute Gasteiger partial charge is 0.313 e. The molecule has 1 heterocycles. The molecule has 2 heteroatoms. The van der Waals surface area contributed by atoms with Crippen LogP contribution < -0.4 is 5.32 Å². The highest BCUT2D eigenvalue weighted by Gasteiger charge is 2.19. The van der Waals surface area contributed by atoms with Gasteiger partial charge in [0.15, 0.2) is 0 Å². The molecule has 2 rings (SSSR count). The Morgan fingerprint density at radius 1 is 1.33 bits per heavy atom. The Labute approximate surface area is 74.6 Å². The first-order valence-electron chi connectivity index (χ1n) is 5.06. The van der Waals surface area contributed by atoms with Gasteiger partial charge in [0.2, 0.25) is 0 Å². The van der Waals surface area contributed by atoms with Gasteiger partial charge in [0.05, 0.1) is 0 Å². The van der Waals surface area contributed by atoms with Gasteiger partial charge in [-0.15, -0.1) is 0 Å². The van der Waals surface area contributed by atoms with Gasteiger partial charge in [-0.3, -0.25) is 4.90 Å². The summed E-state index contributed by atoms with van der Waals surface area (Å²) in [5.41, 5.74) is 0. The fourth-order valence-corrected chi connectivity index (χ4v) is 1.61. The Bertz CT molecular complexity index is 161. The van der Waals surface area contributed by atoms with Gasteiger partial charge in [0.25, 0.3) is 0 Å². The van der Waals surface area contributed by atoms with Crippen LogP contribution in [0.2, 0.25) is 0 Å². The van der Waals surface area contributed by atoms with Crippen molar-refractivity contribution < 1.29 is 0 Å². The number of nitrogens with zero attached hydrogens (tertiary/aromatic N) is 1. The Hall–Kier alpha value is -0.340. The molecule has 0 aromatic heterocycles. The minimum absolute atomic E-state index is 0.866. The molecular formula is C10H18N2. The summed E-state index contributed by atoms with van der Waals surface area (Å²) in [7, 11) is 0. The van der Waals surface area contributed by atoms with Crippen molar-refractivity contribution in [1.82, 2.24) is 10.2 Å². The van der Waals surface area contributed by atoms with Crippen LogP contribution in [-0.2, 0) is 0 Å². The number of hydrogen-bond donors (Lipinski definition) is 1. The third kappa shape index (κ3) is 2.61. The average Bonchev–Trinajstić information content (AvgIpc) is 2.90. The first-order valence-corrected chi connectivity index (χ1v) is 5.06. The van der Waals surface area contributed by atoms with Crippen molar-refractivity contribution in [2.24, 2.45) is 0 Å². The second-order valence-corrected chi connectivity index (χ2v) is 3.79. The van der Waals surface area contributed by atoms with Crippen molar-refractivity contribution in [2.75, 3.05) is 26.2 Å². The van der Waals surface area contributed by atoms with Gasteiger partial charge < -0.3 is 5.32 Å². The van der Waals surface area contributed by atoms with Crippen molar-refractivity contribution in [1.29, 1.82) is 0 Å². The molecule has 1 aliphatic heterocycles. The van der Waals surface area contributed by atoms with Gasteiger partial charge in [0.1, 0.15) is 0 Å². The summed E-state index contributed by atoms with van der Waals surface area (Å²) in [6.07, 6.45) is 8.61. The van der Waals surface area contributed by atoms with Crippen molar-refractivity contribution in [3.63, 3.8) is 0 Å². The standard InChI is InChI=1S/C10H18N2/c1-2-7-12(8-3-1)9-6-11-10-4-5-10/h1-2,10-11H,3-9H2. The molecule has 0 saturated heterocycles. The van der Waals surface area contributed by atoms with E-state index in [9.17, 15) is 0 Å². The molecule has 0 radical (unpaired) electrons. The smallest absolute Gasteiger partial charge is 0.0163 e. The lowest BCUT2D eigenvalue weighted by Crippen LogP contribution is -2.34. The molecule has 0 spiro atoms. The van der Waals surface area contributed by atoms with Crippen LogP contribution in [0.15, 0.2) is 12.2 Å². The lowest BCUT2D eigenvalue weighted by molar-refractivity contribution is 0.297. The summed E-state index contributed by atoms with van der Waals surface area (Å²) >= 11 is 0. The molecule has 2 nitrogen and oxygen atoms in total. The van der Waals surface area contributed by atoms with E-state index in [1.807, 2.05) is 0 Å². The molecule has 0 aromatic carbocycles. The van der Waals surface area contributed by atoms with Gasteiger partial charge in [0, 0.05) is 32.2 Å². The number of rotatable bonds is 4. The zero-order valence-corrected chi connectivity index (χ0v) is 7.63. The summed E-state index contributed by atoms with van der Waals surface area (Å²) in [6.45, 7) is 4.81. The van der Waals surface area contributed by atoms with E-state index < -0.39 is 0 Å². The van der Waals surface area contributed by atoms with E-state index in [0.29, 0.717) is 0 Å². The predicted molar refractivity (Wildman–Crippen MR) is 51.2 cm³/mol. The fourth-order valence-electron chi connectivity index (χ4n) is 1.61. The van der Waals surface area contributed by atoms with Crippen molar-refractivity contribution in [3.8, 4) is 0 Å². The molecule has 0 atom stereocenters. The molecule has 2 aliphatic rings. The van der Waals surface area contributed by atoms with Crippen LogP contribution in [0.3, 0.4) is 0 Å². The van der Waals surface area contributed by atoms with E-state index >= 15 is 0 Å². The zero-order chi connectivity index (χ0) is 8.23. The normalized spacial score (nSPS) is 24.7. The maximum Gasteiger partial charge on any atom is 0.0163 e. The zero-order valence-electron chi connectivity index (χ0n) is 7.63. The first kappa shape index (κ1) is 8.27. The number of hydrogen-bond acceptors (Lipinski definition) is 2. The summed E-state index contributed by atoms with van der Waals surface area (Å²) in [5.74, 6) is 0. The Morgan fingerprint density at radius 2 is 2.25 bits per heavy atom. The lowest BCUT2D eigenvalue weighted by atomic mass is 10.2. The second-order valence-electron chi connectivity index (χ2n) is 3.79. The Morgan fingerprint density at radius 3 is 2.92 bits per heavy atom. The molecule has 1 saturated carbocycles. The molecule has 0 unspecified atom stereocenters. The van der Waals surface area contributed by atoms with Crippen molar-refractivity contribution in [3.05, 3.63) is 12.2 Å². The van der Waals surface area contributed by atoms with Gasteiger partial charge in [-0.2, -0.15) is 0 Å². The molecule has 0 amide bonds. The predicted octanol–water partition coefficient (Wildman–Crippen LogP) is 1.00. The lowest BCUT2D eigenvalue weighted by Gasteiger charge is -2.22. The van der Waals surface area contributed by atoms with Gasteiger partial charge in [-0.1, -0.05) is 12.2 Å². The van der Waals surface area contributed by atoms with Crippen LogP contribution in [0, 0.1) is 0 Å². The maximum atomic E-state index is 3.54. The second kappa shape index (κ2) is 4.06. The summed E-state index contributed by atoms with van der Waals surface area (Å²) in [4.78, 5) is 2.51. The van der Waals surface area contributed by atoms with Gasteiger partial charge >= 0.3 is 0 Å². The SMILES string of the molecule is C1=CCN(CCNC2CC2)CC1. The van der Waals surface area contributed by atoms with E-state index in [4.69, 9.17) is 0 Å². The maximum absolute atomic E-state index is 3.54. The third-order valence-corrected chi connectivity index (χ3v) is 2.58.